The maximum atomic E-state index is 14.5. The average Bonchev–Trinajstić information content (AvgIpc) is 2.87. The Hall–Kier alpha value is -3.72. The normalized spacial score (nSPS) is 11.8. The Balaban J connectivity index is 0.00000382. The van der Waals surface area contributed by atoms with Crippen LogP contribution < -0.4 is 10.2 Å². The van der Waals surface area contributed by atoms with E-state index < -0.39 is 76.0 Å². The molecule has 230 valence electrons. The number of carbonyl (C=O) groups excluding carboxylic acids is 2. The van der Waals surface area contributed by atoms with Crippen LogP contribution >= 0.6 is 0 Å². The van der Waals surface area contributed by atoms with E-state index >= 15 is 0 Å². The Kier molecular flexibility index (Phi) is 12.5. The van der Waals surface area contributed by atoms with Crippen LogP contribution in [0, 0.1) is 6.92 Å². The Bertz CT molecular complexity index is 1220. The van der Waals surface area contributed by atoms with Gasteiger partial charge in [-0.05, 0) is 30.7 Å². The lowest BCUT2D eigenvalue weighted by Gasteiger charge is -2.32. The maximum Gasteiger partial charge on any atom is 0.435 e. The van der Waals surface area contributed by atoms with Crippen LogP contribution in [0.1, 0.15) is 54.9 Å². The number of pyridine rings is 1. The molecule has 0 radical (unpaired) electrons. The number of nitrogens with one attached hydrogen (secondary N) is 1. The van der Waals surface area contributed by atoms with E-state index in [0.29, 0.717) is 14.0 Å². The number of rotatable bonds is 6. The van der Waals surface area contributed by atoms with Gasteiger partial charge in [0, 0.05) is 12.6 Å². The lowest BCUT2D eigenvalue weighted by molar-refractivity contribution is -0.348. The van der Waals surface area contributed by atoms with E-state index in [9.17, 15) is 57.9 Å². The van der Waals surface area contributed by atoms with Crippen molar-refractivity contribution in [3.8, 4) is 0 Å². The van der Waals surface area contributed by atoms with Gasteiger partial charge >= 0.3 is 30.2 Å². The van der Waals surface area contributed by atoms with E-state index in [2.05, 4.69) is 16.9 Å². The monoisotopic (exact) mass is 609 g/mol. The maximum absolute atomic E-state index is 14.5. The zero-order chi connectivity index (χ0) is 32.7. The van der Waals surface area contributed by atoms with Crippen LogP contribution in [0.4, 0.5) is 59.8 Å². The van der Waals surface area contributed by atoms with Gasteiger partial charge in [-0.1, -0.05) is 46.4 Å². The van der Waals surface area contributed by atoms with Crippen LogP contribution in [0.25, 0.3) is 0 Å². The highest BCUT2D eigenvalue weighted by atomic mass is 19.4. The van der Waals surface area contributed by atoms with Crippen molar-refractivity contribution < 1.29 is 57.9 Å². The molecule has 0 unspecified atom stereocenters. The SMILES string of the molecule is C=C(Nc1cccc(C(=O)N(C)c2c(C)cc(C(F)(C(F)(F)F)C(F)(F)F)cc2C(F)(F)F)n1)C(=O)F.CC.CC. The molecule has 0 aliphatic heterocycles. The first-order chi connectivity index (χ1) is 18.6. The molecule has 0 aliphatic carbocycles. The number of aryl methyl sites for hydroxylation is 1. The van der Waals surface area contributed by atoms with Crippen LogP contribution in [-0.2, 0) is 16.6 Å². The molecule has 1 N–H and O–H groups in total. The zero-order valence-electron chi connectivity index (χ0n) is 22.5. The summed E-state index contributed by atoms with van der Waals surface area (Å²) in [7, 11) is 0.710. The summed E-state index contributed by atoms with van der Waals surface area (Å²) < 4.78 is 147. The van der Waals surface area contributed by atoms with Crippen LogP contribution in [-0.4, -0.2) is 36.3 Å². The number of anilines is 2. The highest BCUT2D eigenvalue weighted by molar-refractivity contribution is 6.05. The smallest absolute Gasteiger partial charge is 0.335 e. The second kappa shape index (κ2) is 13.8. The number of alkyl halides is 10. The van der Waals surface area contributed by atoms with Crippen LogP contribution in [0.15, 0.2) is 42.6 Å². The van der Waals surface area contributed by atoms with Crippen molar-refractivity contribution in [2.75, 3.05) is 17.3 Å². The summed E-state index contributed by atoms with van der Waals surface area (Å²) in [5.41, 5.74) is -14.3. The second-order valence-electron chi connectivity index (χ2n) is 7.49. The minimum atomic E-state index is -6.67. The van der Waals surface area contributed by atoms with Gasteiger partial charge in [-0.15, -0.1) is 0 Å². The molecule has 1 aromatic heterocycles. The number of aromatic nitrogens is 1. The Morgan fingerprint density at radius 1 is 0.878 bits per heavy atom. The largest absolute Gasteiger partial charge is 0.435 e. The molecule has 1 aromatic carbocycles. The number of amides is 1. The number of hydrogen-bond acceptors (Lipinski definition) is 4. The number of allylic oxidation sites excluding steroid dienone is 1. The molecule has 0 atom stereocenters. The predicted octanol–water partition coefficient (Wildman–Crippen LogP) is 8.45. The summed E-state index contributed by atoms with van der Waals surface area (Å²) in [5, 5.41) is 2.08. The number of nitrogens with zero attached hydrogens (tertiary/aromatic N) is 2. The summed E-state index contributed by atoms with van der Waals surface area (Å²) in [6.07, 6.45) is -19.0. The van der Waals surface area contributed by atoms with Crippen molar-refractivity contribution in [1.29, 1.82) is 0 Å². The Labute approximate surface area is 228 Å². The van der Waals surface area contributed by atoms with Gasteiger partial charge in [0.15, 0.2) is 0 Å². The molecule has 2 rings (SSSR count). The third kappa shape index (κ3) is 8.16. The number of halogens is 11. The minimum Gasteiger partial charge on any atom is -0.335 e. The molecule has 16 heteroatoms. The number of benzene rings is 1. The Morgan fingerprint density at radius 2 is 1.37 bits per heavy atom. The van der Waals surface area contributed by atoms with Crippen molar-refractivity contribution >= 4 is 23.4 Å². The van der Waals surface area contributed by atoms with Gasteiger partial charge in [-0.25, -0.2) is 9.37 Å². The van der Waals surface area contributed by atoms with Crippen molar-refractivity contribution in [2.45, 2.75) is 58.8 Å². The lowest BCUT2D eigenvalue weighted by Crippen LogP contribution is -2.50. The minimum absolute atomic E-state index is 0.0996. The molecule has 41 heavy (non-hydrogen) atoms. The van der Waals surface area contributed by atoms with Crippen LogP contribution in [0.5, 0.6) is 0 Å². The fourth-order valence-corrected chi connectivity index (χ4v) is 3.23. The first-order valence-corrected chi connectivity index (χ1v) is 11.6. The molecule has 2 aromatic rings. The van der Waals surface area contributed by atoms with Gasteiger partial charge in [0.25, 0.3) is 5.91 Å². The molecule has 0 saturated carbocycles. The highest BCUT2D eigenvalue weighted by Crippen LogP contribution is 2.54. The summed E-state index contributed by atoms with van der Waals surface area (Å²) in [5.74, 6) is -1.70. The molecule has 0 aliphatic rings. The van der Waals surface area contributed by atoms with Crippen LogP contribution in [0.3, 0.4) is 0 Å². The first-order valence-electron chi connectivity index (χ1n) is 11.6. The van der Waals surface area contributed by atoms with Gasteiger partial charge in [0.1, 0.15) is 17.2 Å². The van der Waals surface area contributed by atoms with Crippen molar-refractivity contribution in [1.82, 2.24) is 4.98 Å². The topological polar surface area (TPSA) is 62.3 Å². The predicted molar refractivity (Wildman–Crippen MR) is 130 cm³/mol. The van der Waals surface area contributed by atoms with Gasteiger partial charge in [-0.3, -0.25) is 9.59 Å². The average molecular weight is 609 g/mol. The molecule has 0 bridgehead atoms. The van der Waals surface area contributed by atoms with E-state index in [4.69, 9.17) is 0 Å². The van der Waals surface area contributed by atoms with E-state index in [1.54, 1.807) is 0 Å². The lowest BCUT2D eigenvalue weighted by atomic mass is 9.89. The summed E-state index contributed by atoms with van der Waals surface area (Å²) in [6.45, 7) is 11.7. The third-order valence-corrected chi connectivity index (χ3v) is 4.91. The fraction of sp³-hybridized carbons (Fsp3) is 0.400. The fourth-order valence-electron chi connectivity index (χ4n) is 3.23. The standard InChI is InChI=1S/C21H14F11N3O2.2C2H6/c1-9-7-11(18(23,20(27,28)29)21(30,31)32)8-12(19(24,25)26)15(9)35(3)17(37)13-5-4-6-14(34-13)33-10(2)16(22)36;2*1-2/h4-8H,2H2,1,3H3,(H,33,34);2*1-2H3. The third-order valence-electron chi connectivity index (χ3n) is 4.91. The van der Waals surface area contributed by atoms with Crippen molar-refractivity contribution in [3.05, 3.63) is 65.0 Å². The Morgan fingerprint density at radius 3 is 1.78 bits per heavy atom. The molecule has 5 nitrogen and oxygen atoms in total. The molecular weight excluding hydrogens is 583 g/mol. The number of carbonyl (C=O) groups is 2. The molecule has 1 heterocycles. The van der Waals surface area contributed by atoms with E-state index in [0.717, 1.165) is 18.2 Å². The molecule has 1 amide bonds. The quantitative estimate of drug-likeness (QED) is 0.203. The van der Waals surface area contributed by atoms with E-state index in [1.165, 1.54) is 0 Å². The van der Waals surface area contributed by atoms with Crippen molar-refractivity contribution in [3.63, 3.8) is 0 Å². The zero-order valence-corrected chi connectivity index (χ0v) is 22.5. The van der Waals surface area contributed by atoms with E-state index in [1.807, 2.05) is 27.7 Å². The molecule has 0 fully saturated rings. The summed E-state index contributed by atoms with van der Waals surface area (Å²) in [6, 6.07) is 0.412. The highest BCUT2D eigenvalue weighted by Gasteiger charge is 2.73. The number of hydrogen-bond donors (Lipinski definition) is 1. The van der Waals surface area contributed by atoms with Gasteiger partial charge in [-0.2, -0.15) is 43.9 Å². The van der Waals surface area contributed by atoms with Crippen molar-refractivity contribution in [2.24, 2.45) is 0 Å². The molecule has 0 spiro atoms. The summed E-state index contributed by atoms with van der Waals surface area (Å²) in [4.78, 5) is 27.4. The second-order valence-corrected chi connectivity index (χ2v) is 7.49. The van der Waals surface area contributed by atoms with Gasteiger partial charge in [0.2, 0.25) is 0 Å². The van der Waals surface area contributed by atoms with E-state index in [-0.39, 0.29) is 16.8 Å². The molecular formula is C25H26F11N3O2. The van der Waals surface area contributed by atoms with Gasteiger partial charge < -0.3 is 10.2 Å². The van der Waals surface area contributed by atoms with Gasteiger partial charge in [0.05, 0.1) is 11.3 Å². The molecule has 0 saturated heterocycles. The first kappa shape index (κ1) is 37.3. The van der Waals surface area contributed by atoms with Crippen LogP contribution in [0.2, 0.25) is 0 Å². The summed E-state index contributed by atoms with van der Waals surface area (Å²) >= 11 is 0.